The number of halogens is 1. The molecule has 0 amide bonds. The summed E-state index contributed by atoms with van der Waals surface area (Å²) in [5.74, 6) is 0.566. The molecule has 0 aromatic carbocycles. The monoisotopic (exact) mass is 147 g/mol. The molecule has 1 saturated heterocycles. The molecule has 0 saturated carbocycles. The van der Waals surface area contributed by atoms with Crippen molar-refractivity contribution in [2.24, 2.45) is 5.92 Å². The highest BCUT2D eigenvalue weighted by atomic mass is 35.5. The van der Waals surface area contributed by atoms with Crippen LogP contribution in [0.2, 0.25) is 0 Å². The maximum atomic E-state index is 5.92. The Morgan fingerprint density at radius 3 is 2.89 bits per heavy atom. The zero-order valence-corrected chi connectivity index (χ0v) is 6.36. The molecule has 2 unspecified atom stereocenters. The van der Waals surface area contributed by atoms with E-state index in [1.54, 1.807) is 0 Å². The second-order valence-electron chi connectivity index (χ2n) is 2.42. The van der Waals surface area contributed by atoms with Crippen molar-refractivity contribution in [2.75, 3.05) is 26.7 Å². The molecule has 2 atom stereocenters. The fraction of sp³-hybridized carbons (Fsp3) is 1.00. The van der Waals surface area contributed by atoms with Gasteiger partial charge in [-0.15, -0.1) is 11.6 Å². The van der Waals surface area contributed by atoms with Crippen LogP contribution in [0.4, 0.5) is 0 Å². The van der Waals surface area contributed by atoms with Gasteiger partial charge in [-0.25, -0.2) is 5.32 Å². The molecule has 0 spiro atoms. The largest absolute Gasteiger partial charge is 0.319 e. The first kappa shape index (κ1) is 7.32. The summed E-state index contributed by atoms with van der Waals surface area (Å²) in [6.07, 6.45) is 0. The van der Waals surface area contributed by atoms with E-state index in [1.165, 1.54) is 0 Å². The van der Waals surface area contributed by atoms with Gasteiger partial charge in [0, 0.05) is 25.6 Å². The predicted octanol–water partition coefficient (Wildman–Crippen LogP) is 0.0474. The fourth-order valence-electron chi connectivity index (χ4n) is 1.08. The lowest BCUT2D eigenvalue weighted by Gasteiger charge is -2.09. The normalized spacial score (nSPS) is 35.3. The minimum absolute atomic E-state index is 0.275. The summed E-state index contributed by atoms with van der Waals surface area (Å²) >= 11 is 5.92. The maximum Gasteiger partial charge on any atom is 0.0530 e. The van der Waals surface area contributed by atoms with E-state index in [9.17, 15) is 0 Å². The van der Waals surface area contributed by atoms with Crippen LogP contribution in [0.1, 0.15) is 0 Å². The molecule has 53 valence electrons. The van der Waals surface area contributed by atoms with Crippen LogP contribution < -0.4 is 10.6 Å². The molecule has 0 aliphatic carbocycles. The predicted molar refractivity (Wildman–Crippen MR) is 38.9 cm³/mol. The molecular formula is C6H12ClN2. The van der Waals surface area contributed by atoms with Crippen LogP contribution in [0.5, 0.6) is 0 Å². The first-order chi connectivity index (χ1) is 4.34. The van der Waals surface area contributed by atoms with E-state index < -0.39 is 0 Å². The average Bonchev–Trinajstić information content (AvgIpc) is 2.18. The Hall–Kier alpha value is 0.210. The van der Waals surface area contributed by atoms with Gasteiger partial charge in [0.2, 0.25) is 0 Å². The molecule has 0 bridgehead atoms. The molecule has 1 rings (SSSR count). The van der Waals surface area contributed by atoms with Crippen LogP contribution >= 0.6 is 11.6 Å². The van der Waals surface area contributed by atoms with Crippen LogP contribution in [0.25, 0.3) is 0 Å². The third-order valence-corrected chi connectivity index (χ3v) is 2.14. The lowest BCUT2D eigenvalue weighted by Crippen LogP contribution is -2.25. The summed E-state index contributed by atoms with van der Waals surface area (Å²) < 4.78 is 0. The Bertz CT molecular complexity index is 87.1. The van der Waals surface area contributed by atoms with Crippen molar-refractivity contribution in [1.82, 2.24) is 10.6 Å². The zero-order chi connectivity index (χ0) is 6.69. The average molecular weight is 148 g/mol. The summed E-state index contributed by atoms with van der Waals surface area (Å²) in [7, 11) is 1.95. The summed E-state index contributed by atoms with van der Waals surface area (Å²) in [6, 6.07) is 0. The molecule has 1 aliphatic rings. The van der Waals surface area contributed by atoms with E-state index in [1.807, 2.05) is 7.05 Å². The first-order valence-electron chi connectivity index (χ1n) is 3.26. The van der Waals surface area contributed by atoms with Crippen LogP contribution in [-0.4, -0.2) is 32.1 Å². The molecule has 0 aromatic rings. The zero-order valence-electron chi connectivity index (χ0n) is 5.60. The number of nitrogens with one attached hydrogen (secondary N) is 1. The third kappa shape index (κ3) is 1.81. The molecule has 1 radical (unpaired) electrons. The van der Waals surface area contributed by atoms with Gasteiger partial charge in [0.15, 0.2) is 0 Å². The molecular weight excluding hydrogens is 136 g/mol. The maximum absolute atomic E-state index is 5.92. The van der Waals surface area contributed by atoms with Gasteiger partial charge in [-0.3, -0.25) is 0 Å². The van der Waals surface area contributed by atoms with Crippen molar-refractivity contribution in [3.63, 3.8) is 0 Å². The highest BCUT2D eigenvalue weighted by Gasteiger charge is 2.24. The molecule has 3 heteroatoms. The van der Waals surface area contributed by atoms with Gasteiger partial charge in [-0.2, -0.15) is 0 Å². The molecule has 2 nitrogen and oxygen atoms in total. The standard InChI is InChI=1S/C6H12ClN2/c1-8-2-5-3-9-4-6(5)7/h5-6,8H,2-4H2,1H3. The van der Waals surface area contributed by atoms with Crippen molar-refractivity contribution >= 4 is 11.6 Å². The van der Waals surface area contributed by atoms with Crippen LogP contribution in [-0.2, 0) is 0 Å². The summed E-state index contributed by atoms with van der Waals surface area (Å²) in [5, 5.41) is 7.56. The quantitative estimate of drug-likeness (QED) is 0.549. The number of alkyl halides is 1. The minimum Gasteiger partial charge on any atom is -0.319 e. The van der Waals surface area contributed by atoms with Crippen molar-refractivity contribution in [3.05, 3.63) is 0 Å². The van der Waals surface area contributed by atoms with Crippen molar-refractivity contribution in [1.29, 1.82) is 0 Å². The number of hydrogen-bond acceptors (Lipinski definition) is 1. The van der Waals surface area contributed by atoms with Crippen LogP contribution in [0, 0.1) is 5.92 Å². The van der Waals surface area contributed by atoms with Gasteiger partial charge in [-0.1, -0.05) is 0 Å². The van der Waals surface area contributed by atoms with Crippen LogP contribution in [0.15, 0.2) is 0 Å². The van der Waals surface area contributed by atoms with Gasteiger partial charge in [0.25, 0.3) is 0 Å². The Morgan fingerprint density at radius 2 is 2.44 bits per heavy atom. The van der Waals surface area contributed by atoms with E-state index in [0.717, 1.165) is 19.6 Å². The Labute approximate surface area is 61.0 Å². The van der Waals surface area contributed by atoms with Gasteiger partial charge >= 0.3 is 0 Å². The van der Waals surface area contributed by atoms with E-state index in [4.69, 9.17) is 11.6 Å². The van der Waals surface area contributed by atoms with Gasteiger partial charge in [0.05, 0.1) is 5.38 Å². The fourth-order valence-corrected chi connectivity index (χ4v) is 1.35. The number of rotatable bonds is 2. The third-order valence-electron chi connectivity index (χ3n) is 1.64. The number of nitrogens with zero attached hydrogens (tertiary/aromatic N) is 1. The number of hydrogen-bond donors (Lipinski definition) is 1. The first-order valence-corrected chi connectivity index (χ1v) is 3.70. The minimum atomic E-state index is 0.275. The SMILES string of the molecule is CNCC1C[N]CC1Cl. The van der Waals surface area contributed by atoms with Gasteiger partial charge in [0.1, 0.15) is 0 Å². The lowest BCUT2D eigenvalue weighted by molar-refractivity contribution is 0.548. The van der Waals surface area contributed by atoms with Gasteiger partial charge in [-0.05, 0) is 7.05 Å². The molecule has 1 fully saturated rings. The summed E-state index contributed by atoms with van der Waals surface area (Å²) in [4.78, 5) is 0. The Balaban J connectivity index is 2.22. The van der Waals surface area contributed by atoms with E-state index in [-0.39, 0.29) is 5.38 Å². The van der Waals surface area contributed by atoms with E-state index >= 15 is 0 Å². The Kier molecular flexibility index (Phi) is 2.76. The van der Waals surface area contributed by atoms with Crippen molar-refractivity contribution in [3.8, 4) is 0 Å². The highest BCUT2D eigenvalue weighted by Crippen LogP contribution is 2.14. The molecule has 1 N–H and O–H groups in total. The highest BCUT2D eigenvalue weighted by molar-refractivity contribution is 6.21. The van der Waals surface area contributed by atoms with E-state index in [0.29, 0.717) is 5.92 Å². The van der Waals surface area contributed by atoms with Crippen molar-refractivity contribution in [2.45, 2.75) is 5.38 Å². The second-order valence-corrected chi connectivity index (χ2v) is 2.98. The molecule has 0 aromatic heterocycles. The summed E-state index contributed by atoms with van der Waals surface area (Å²) in [6.45, 7) is 2.78. The van der Waals surface area contributed by atoms with Crippen LogP contribution in [0.3, 0.4) is 0 Å². The molecule has 1 heterocycles. The van der Waals surface area contributed by atoms with Crippen molar-refractivity contribution < 1.29 is 0 Å². The Morgan fingerprint density at radius 1 is 1.67 bits per heavy atom. The molecule has 9 heavy (non-hydrogen) atoms. The summed E-state index contributed by atoms with van der Waals surface area (Å²) in [5.41, 5.74) is 0. The van der Waals surface area contributed by atoms with Gasteiger partial charge < -0.3 is 5.32 Å². The molecule has 1 aliphatic heterocycles. The lowest BCUT2D eigenvalue weighted by atomic mass is 10.1. The second kappa shape index (κ2) is 3.40. The smallest absolute Gasteiger partial charge is 0.0530 e. The topological polar surface area (TPSA) is 26.1 Å². The van der Waals surface area contributed by atoms with E-state index in [2.05, 4.69) is 10.6 Å².